The van der Waals surface area contributed by atoms with Crippen LogP contribution in [0.1, 0.15) is 72.6 Å². The Morgan fingerprint density at radius 3 is 2.39 bits per heavy atom. The van der Waals surface area contributed by atoms with Gasteiger partial charge in [-0.05, 0) is 60.7 Å². The fraction of sp³-hybridized carbons (Fsp3) is 0.917. The lowest BCUT2D eigenvalue weighted by atomic mass is 9.41. The van der Waals surface area contributed by atoms with Crippen molar-refractivity contribution in [3.8, 4) is 0 Å². The Hall–Kier alpha value is -0.420. The van der Waals surface area contributed by atoms with Crippen LogP contribution in [0.2, 0.25) is 0 Å². The van der Waals surface area contributed by atoms with Gasteiger partial charge in [0.1, 0.15) is 0 Å². The average molecular weight is 393 g/mol. The largest absolute Gasteiger partial charge is 0.400 e. The van der Waals surface area contributed by atoms with Gasteiger partial charge in [0.25, 0.3) is 0 Å². The normalized spacial score (nSPS) is 51.5. The minimum Gasteiger partial charge on any atom is -0.400 e. The zero-order valence-electron chi connectivity index (χ0n) is 18.5. The number of aliphatic hydroxyl groups is 2. The summed E-state index contributed by atoms with van der Waals surface area (Å²) in [6.07, 6.45) is 10.2. The van der Waals surface area contributed by atoms with Gasteiger partial charge in [-0.2, -0.15) is 0 Å². The highest BCUT2D eigenvalue weighted by molar-refractivity contribution is 5.32. The molecule has 4 aliphatic carbocycles. The van der Waals surface area contributed by atoms with Crippen LogP contribution in [-0.2, 0) is 9.47 Å². The van der Waals surface area contributed by atoms with Crippen molar-refractivity contribution >= 4 is 0 Å². The van der Waals surface area contributed by atoms with Gasteiger partial charge in [0.05, 0.1) is 19.3 Å². The summed E-state index contributed by atoms with van der Waals surface area (Å²) >= 11 is 0. The summed E-state index contributed by atoms with van der Waals surface area (Å²) in [4.78, 5) is 0. The van der Waals surface area contributed by atoms with E-state index in [1.165, 1.54) is 19.3 Å². The summed E-state index contributed by atoms with van der Waals surface area (Å²) in [6.45, 7) is 11.4. The van der Waals surface area contributed by atoms with Crippen LogP contribution in [0.4, 0.5) is 0 Å². The molecule has 5 aliphatic rings. The molecule has 7 atom stereocenters. The molecule has 0 amide bonds. The Kier molecular flexibility index (Phi) is 5.06. The average Bonchev–Trinajstić information content (AvgIpc) is 3.23. The van der Waals surface area contributed by atoms with Crippen molar-refractivity contribution in [3.63, 3.8) is 0 Å². The van der Waals surface area contributed by atoms with Gasteiger partial charge in [-0.3, -0.25) is 0 Å². The molecule has 5 rings (SSSR count). The number of ether oxygens (including phenoxy) is 2. The number of allylic oxidation sites excluding steroid dienone is 2. The first-order valence-corrected chi connectivity index (χ1v) is 11.3. The lowest BCUT2D eigenvalue weighted by Gasteiger charge is -2.64. The number of fused-ring (bicyclic) bond motifs is 5. The lowest BCUT2D eigenvalue weighted by Crippen LogP contribution is -2.58. The van der Waals surface area contributed by atoms with E-state index in [2.05, 4.69) is 33.8 Å². The third-order valence-corrected chi connectivity index (χ3v) is 9.75. The van der Waals surface area contributed by atoms with Crippen LogP contribution < -0.4 is 0 Å². The first-order chi connectivity index (χ1) is 13.2. The molecule has 1 spiro atoms. The predicted octanol–water partition coefficient (Wildman–Crippen LogP) is 4.30. The van der Waals surface area contributed by atoms with Crippen molar-refractivity contribution in [2.45, 2.75) is 84.5 Å². The zero-order valence-corrected chi connectivity index (χ0v) is 18.5. The highest BCUT2D eigenvalue weighted by Gasteiger charge is 2.64. The Bertz CT molecular complexity index is 639. The maximum absolute atomic E-state index is 10.7. The number of hydrogen-bond acceptors (Lipinski definition) is 4. The molecule has 4 heteroatoms. The standard InChI is InChI=1S/C23H36O3.CH4O/c1-15-13-20(2)14-23(25-11-12-26-23)10-9-22(20,4)17-7-8-21(3)16(19(15)17)5-6-18(21)24;1-2/h7,15-16,18-19,24H,5-6,8-14H2,1-4H3;2H,1H3/t15-,16?,18?,19?,20?,21+,22?;/m1./s1. The summed E-state index contributed by atoms with van der Waals surface area (Å²) in [5.41, 5.74) is 2.31. The van der Waals surface area contributed by atoms with E-state index in [0.29, 0.717) is 17.8 Å². The van der Waals surface area contributed by atoms with Crippen molar-refractivity contribution in [1.29, 1.82) is 0 Å². The van der Waals surface area contributed by atoms with Crippen LogP contribution in [0.25, 0.3) is 0 Å². The first kappa shape index (κ1) is 20.8. The molecule has 0 aromatic carbocycles. The van der Waals surface area contributed by atoms with Gasteiger partial charge in [0.2, 0.25) is 0 Å². The Balaban J connectivity index is 0.000000932. The molecule has 3 saturated carbocycles. The first-order valence-electron chi connectivity index (χ1n) is 11.3. The second kappa shape index (κ2) is 6.80. The summed E-state index contributed by atoms with van der Waals surface area (Å²) in [7, 11) is 1.00. The summed E-state index contributed by atoms with van der Waals surface area (Å²) in [5.74, 6) is 1.67. The Morgan fingerprint density at radius 1 is 1.04 bits per heavy atom. The summed E-state index contributed by atoms with van der Waals surface area (Å²) in [5, 5.41) is 17.7. The molecule has 4 fully saturated rings. The maximum atomic E-state index is 10.7. The van der Waals surface area contributed by atoms with E-state index in [9.17, 15) is 5.11 Å². The maximum Gasteiger partial charge on any atom is 0.169 e. The molecule has 0 radical (unpaired) electrons. The minimum atomic E-state index is -0.311. The number of hydrogen-bond donors (Lipinski definition) is 2. The molecule has 4 nitrogen and oxygen atoms in total. The van der Waals surface area contributed by atoms with Crippen LogP contribution in [0, 0.1) is 34.0 Å². The van der Waals surface area contributed by atoms with Crippen LogP contribution in [-0.4, -0.2) is 42.4 Å². The van der Waals surface area contributed by atoms with Crippen LogP contribution in [0.5, 0.6) is 0 Å². The Labute approximate surface area is 170 Å². The third kappa shape index (κ3) is 2.64. The van der Waals surface area contributed by atoms with Gasteiger partial charge in [0, 0.05) is 25.4 Å². The van der Waals surface area contributed by atoms with E-state index in [1.54, 1.807) is 5.57 Å². The number of rotatable bonds is 0. The molecule has 0 aromatic heterocycles. The molecule has 1 heterocycles. The fourth-order valence-corrected chi connectivity index (χ4v) is 8.09. The molecular weight excluding hydrogens is 352 g/mol. The van der Waals surface area contributed by atoms with Gasteiger partial charge in [-0.25, -0.2) is 0 Å². The Morgan fingerprint density at radius 2 is 1.71 bits per heavy atom. The van der Waals surface area contributed by atoms with Crippen molar-refractivity contribution in [3.05, 3.63) is 11.6 Å². The molecule has 1 aliphatic heterocycles. The van der Waals surface area contributed by atoms with Crippen molar-refractivity contribution < 1.29 is 19.7 Å². The molecular formula is C24H40O4. The quantitative estimate of drug-likeness (QED) is 0.604. The molecule has 160 valence electrons. The van der Waals surface area contributed by atoms with E-state index in [-0.39, 0.29) is 28.1 Å². The van der Waals surface area contributed by atoms with Crippen molar-refractivity contribution in [1.82, 2.24) is 0 Å². The predicted molar refractivity (Wildman–Crippen MR) is 110 cm³/mol. The van der Waals surface area contributed by atoms with Gasteiger partial charge in [0.15, 0.2) is 5.79 Å². The second-order valence-corrected chi connectivity index (χ2v) is 11.0. The third-order valence-electron chi connectivity index (χ3n) is 9.75. The second-order valence-electron chi connectivity index (χ2n) is 11.0. The molecule has 1 saturated heterocycles. The van der Waals surface area contributed by atoms with Gasteiger partial charge in [-0.1, -0.05) is 39.3 Å². The van der Waals surface area contributed by atoms with Crippen molar-refractivity contribution in [2.24, 2.45) is 34.0 Å². The molecule has 28 heavy (non-hydrogen) atoms. The SMILES string of the molecule is CO.C[C@@H]1CC2(C)CC3(CCC2(C)C2=CC[C@]4(C)C(O)CCC4C21)OCCO3. The summed E-state index contributed by atoms with van der Waals surface area (Å²) in [6, 6.07) is 0. The lowest BCUT2D eigenvalue weighted by molar-refractivity contribution is -0.232. The van der Waals surface area contributed by atoms with Crippen LogP contribution in [0.3, 0.4) is 0 Å². The molecule has 5 unspecified atom stereocenters. The molecule has 0 bridgehead atoms. The molecule has 2 N–H and O–H groups in total. The van der Waals surface area contributed by atoms with E-state index < -0.39 is 0 Å². The summed E-state index contributed by atoms with van der Waals surface area (Å²) < 4.78 is 12.3. The van der Waals surface area contributed by atoms with E-state index in [0.717, 1.165) is 46.0 Å². The van der Waals surface area contributed by atoms with Gasteiger partial charge >= 0.3 is 0 Å². The minimum absolute atomic E-state index is 0.0973. The highest BCUT2D eigenvalue weighted by Crippen LogP contribution is 2.70. The van der Waals surface area contributed by atoms with Gasteiger partial charge in [-0.15, -0.1) is 0 Å². The highest BCUT2D eigenvalue weighted by atomic mass is 16.7. The fourth-order valence-electron chi connectivity index (χ4n) is 8.09. The van der Waals surface area contributed by atoms with Gasteiger partial charge < -0.3 is 19.7 Å². The smallest absolute Gasteiger partial charge is 0.169 e. The van der Waals surface area contributed by atoms with E-state index in [1.807, 2.05) is 0 Å². The zero-order chi connectivity index (χ0) is 20.4. The van der Waals surface area contributed by atoms with Crippen LogP contribution in [0.15, 0.2) is 11.6 Å². The topological polar surface area (TPSA) is 58.9 Å². The molecule has 0 aromatic rings. The monoisotopic (exact) mass is 392 g/mol. The van der Waals surface area contributed by atoms with Crippen LogP contribution >= 0.6 is 0 Å². The van der Waals surface area contributed by atoms with E-state index in [4.69, 9.17) is 14.6 Å². The van der Waals surface area contributed by atoms with E-state index >= 15 is 0 Å². The number of aliphatic hydroxyl groups excluding tert-OH is 2. The van der Waals surface area contributed by atoms with Crippen molar-refractivity contribution in [2.75, 3.05) is 20.3 Å².